The van der Waals surface area contributed by atoms with E-state index in [1.165, 1.54) is 5.56 Å². The number of hydrogen-bond acceptors (Lipinski definition) is 5. The Hall–Kier alpha value is -2.83. The van der Waals surface area contributed by atoms with E-state index in [1.54, 1.807) is 11.3 Å². The molecule has 0 saturated heterocycles. The fourth-order valence-corrected chi connectivity index (χ4v) is 4.17. The number of nitrogens with zero attached hydrogens (tertiary/aromatic N) is 2. The Morgan fingerprint density at radius 1 is 0.967 bits per heavy atom. The summed E-state index contributed by atoms with van der Waals surface area (Å²) in [5, 5.41) is 2.04. The highest BCUT2D eigenvalue weighted by Crippen LogP contribution is 2.34. The molecule has 0 unspecified atom stereocenters. The zero-order chi connectivity index (χ0) is 20.8. The van der Waals surface area contributed by atoms with Crippen molar-refractivity contribution in [2.24, 2.45) is 0 Å². The Morgan fingerprint density at radius 3 is 2.50 bits per heavy atom. The van der Waals surface area contributed by atoms with Crippen molar-refractivity contribution < 1.29 is 14.3 Å². The van der Waals surface area contributed by atoms with Gasteiger partial charge in [-0.05, 0) is 35.7 Å². The smallest absolute Gasteiger partial charge is 0.241 e. The summed E-state index contributed by atoms with van der Waals surface area (Å²) in [6, 6.07) is 20.1. The Kier molecular flexibility index (Phi) is 6.67. The minimum Gasteiger partial charge on any atom is -0.486 e. The van der Waals surface area contributed by atoms with Gasteiger partial charge in [-0.3, -0.25) is 9.69 Å². The molecule has 5 nitrogen and oxygen atoms in total. The second kappa shape index (κ2) is 9.78. The van der Waals surface area contributed by atoms with Crippen LogP contribution in [0.1, 0.15) is 17.4 Å². The Labute approximate surface area is 181 Å². The van der Waals surface area contributed by atoms with Crippen LogP contribution >= 0.6 is 11.3 Å². The molecule has 0 spiro atoms. The number of hydrogen-bond donors (Lipinski definition) is 0. The van der Waals surface area contributed by atoms with Gasteiger partial charge in [0.15, 0.2) is 11.5 Å². The van der Waals surface area contributed by atoms with Crippen molar-refractivity contribution in [1.29, 1.82) is 0 Å². The molecule has 0 fully saturated rings. The maximum atomic E-state index is 13.4. The molecule has 0 saturated carbocycles. The second-order valence-electron chi connectivity index (χ2n) is 7.18. The maximum Gasteiger partial charge on any atom is 0.241 e. The Balaban J connectivity index is 1.55. The van der Waals surface area contributed by atoms with Crippen LogP contribution in [0.3, 0.4) is 0 Å². The van der Waals surface area contributed by atoms with Crippen molar-refractivity contribution in [3.63, 3.8) is 0 Å². The van der Waals surface area contributed by atoms with Gasteiger partial charge in [-0.25, -0.2) is 0 Å². The fraction of sp³-hybridized carbons (Fsp3) is 0.292. The molecule has 4 rings (SSSR count). The van der Waals surface area contributed by atoms with Crippen molar-refractivity contribution in [3.05, 3.63) is 76.5 Å². The zero-order valence-electron chi connectivity index (χ0n) is 17.1. The van der Waals surface area contributed by atoms with Gasteiger partial charge < -0.3 is 14.4 Å². The highest BCUT2D eigenvalue weighted by Gasteiger charge is 2.22. The fourth-order valence-electron chi connectivity index (χ4n) is 3.48. The van der Waals surface area contributed by atoms with Crippen molar-refractivity contribution in [2.75, 3.05) is 31.2 Å². The third kappa shape index (κ3) is 5.01. The summed E-state index contributed by atoms with van der Waals surface area (Å²) in [5.74, 6) is 1.49. The molecule has 1 aromatic heterocycles. The van der Waals surface area contributed by atoms with Gasteiger partial charge in [0, 0.05) is 23.2 Å². The van der Waals surface area contributed by atoms with E-state index in [1.807, 2.05) is 52.7 Å². The monoisotopic (exact) mass is 422 g/mol. The molecule has 2 heterocycles. The number of fused-ring (bicyclic) bond motifs is 1. The third-order valence-corrected chi connectivity index (χ3v) is 5.95. The van der Waals surface area contributed by atoms with E-state index in [0.29, 0.717) is 32.1 Å². The number of ether oxygens (including phenoxy) is 2. The van der Waals surface area contributed by atoms with Gasteiger partial charge >= 0.3 is 0 Å². The normalized spacial score (nSPS) is 12.7. The van der Waals surface area contributed by atoms with E-state index >= 15 is 0 Å². The number of anilines is 1. The summed E-state index contributed by atoms with van der Waals surface area (Å²) in [6.45, 7) is 5.60. The number of benzene rings is 2. The summed E-state index contributed by atoms with van der Waals surface area (Å²) in [7, 11) is 0. The number of amides is 1. The van der Waals surface area contributed by atoms with Gasteiger partial charge in [-0.1, -0.05) is 43.3 Å². The molecular weight excluding hydrogens is 396 g/mol. The summed E-state index contributed by atoms with van der Waals surface area (Å²) in [5.41, 5.74) is 2.03. The molecule has 2 aromatic carbocycles. The molecule has 3 aromatic rings. The molecule has 1 aliphatic rings. The molecule has 30 heavy (non-hydrogen) atoms. The SMILES string of the molecule is CCN(CC(=O)N(Cc1cccs1)c1ccc2c(c1)OCCO2)Cc1ccccc1. The van der Waals surface area contributed by atoms with Crippen LogP contribution in [-0.2, 0) is 17.9 Å². The van der Waals surface area contributed by atoms with Gasteiger partial charge in [0.05, 0.1) is 13.1 Å². The van der Waals surface area contributed by atoms with Gasteiger partial charge in [-0.2, -0.15) is 0 Å². The molecule has 6 heteroatoms. The van der Waals surface area contributed by atoms with E-state index in [9.17, 15) is 4.79 Å². The number of carbonyl (C=O) groups excluding carboxylic acids is 1. The van der Waals surface area contributed by atoms with Gasteiger partial charge in [0.1, 0.15) is 13.2 Å². The lowest BCUT2D eigenvalue weighted by molar-refractivity contribution is -0.120. The average Bonchev–Trinajstić information content (AvgIpc) is 3.30. The van der Waals surface area contributed by atoms with Crippen LogP contribution in [0.15, 0.2) is 66.0 Å². The summed E-state index contributed by atoms with van der Waals surface area (Å²) in [4.78, 5) is 18.6. The van der Waals surface area contributed by atoms with Crippen LogP contribution < -0.4 is 14.4 Å². The summed E-state index contributed by atoms with van der Waals surface area (Å²) in [6.07, 6.45) is 0. The second-order valence-corrected chi connectivity index (χ2v) is 8.21. The predicted octanol–water partition coefficient (Wildman–Crippen LogP) is 4.57. The van der Waals surface area contributed by atoms with E-state index in [-0.39, 0.29) is 5.91 Å². The Bertz CT molecular complexity index is 960. The molecule has 156 valence electrons. The lowest BCUT2D eigenvalue weighted by atomic mass is 10.2. The lowest BCUT2D eigenvalue weighted by Gasteiger charge is -2.28. The highest BCUT2D eigenvalue weighted by molar-refractivity contribution is 7.09. The quantitative estimate of drug-likeness (QED) is 0.533. The first-order valence-electron chi connectivity index (χ1n) is 10.2. The number of likely N-dealkylation sites (N-methyl/N-ethyl adjacent to an activating group) is 1. The van der Waals surface area contributed by atoms with E-state index < -0.39 is 0 Å². The minimum absolute atomic E-state index is 0.0675. The number of thiophene rings is 1. The molecule has 1 amide bonds. The van der Waals surface area contributed by atoms with Crippen LogP contribution in [0.5, 0.6) is 11.5 Å². The van der Waals surface area contributed by atoms with Gasteiger partial charge in [-0.15, -0.1) is 11.3 Å². The van der Waals surface area contributed by atoms with Crippen molar-refractivity contribution in [3.8, 4) is 11.5 Å². The predicted molar refractivity (Wildman–Crippen MR) is 120 cm³/mol. The highest BCUT2D eigenvalue weighted by atomic mass is 32.1. The van der Waals surface area contributed by atoms with Crippen LogP contribution in [-0.4, -0.2) is 37.1 Å². The minimum atomic E-state index is 0.0675. The van der Waals surface area contributed by atoms with Crippen molar-refractivity contribution in [1.82, 2.24) is 4.90 Å². The van der Waals surface area contributed by atoms with Gasteiger partial charge in [0.25, 0.3) is 0 Å². The number of rotatable bonds is 8. The standard InChI is InChI=1S/C24H26N2O3S/c1-2-25(16-19-7-4-3-5-8-19)18-24(27)26(17-21-9-6-14-30-21)20-10-11-22-23(15-20)29-13-12-28-22/h3-11,14-15H,2,12-13,16-18H2,1H3. The van der Waals surface area contributed by atoms with Crippen LogP contribution in [0.25, 0.3) is 0 Å². The molecular formula is C24H26N2O3S. The van der Waals surface area contributed by atoms with Crippen LogP contribution in [0, 0.1) is 0 Å². The van der Waals surface area contributed by atoms with Crippen LogP contribution in [0.2, 0.25) is 0 Å². The molecule has 0 N–H and O–H groups in total. The topological polar surface area (TPSA) is 42.0 Å². The van der Waals surface area contributed by atoms with E-state index in [2.05, 4.69) is 30.0 Å². The van der Waals surface area contributed by atoms with E-state index in [4.69, 9.17) is 9.47 Å². The van der Waals surface area contributed by atoms with E-state index in [0.717, 1.165) is 29.4 Å². The molecule has 0 radical (unpaired) electrons. The molecule has 0 bridgehead atoms. The average molecular weight is 423 g/mol. The zero-order valence-corrected chi connectivity index (χ0v) is 17.9. The third-order valence-electron chi connectivity index (χ3n) is 5.09. The molecule has 1 aliphatic heterocycles. The molecule has 0 aliphatic carbocycles. The first-order chi connectivity index (χ1) is 14.7. The molecule has 0 atom stereocenters. The number of carbonyl (C=O) groups is 1. The lowest BCUT2D eigenvalue weighted by Crippen LogP contribution is -2.40. The van der Waals surface area contributed by atoms with Crippen molar-refractivity contribution >= 4 is 22.9 Å². The summed E-state index contributed by atoms with van der Waals surface area (Å²) >= 11 is 1.66. The van der Waals surface area contributed by atoms with Crippen LogP contribution in [0.4, 0.5) is 5.69 Å². The first kappa shape index (κ1) is 20.4. The largest absolute Gasteiger partial charge is 0.486 e. The van der Waals surface area contributed by atoms with Crippen molar-refractivity contribution in [2.45, 2.75) is 20.0 Å². The van der Waals surface area contributed by atoms with Gasteiger partial charge in [0.2, 0.25) is 5.91 Å². The summed E-state index contributed by atoms with van der Waals surface area (Å²) < 4.78 is 11.4. The first-order valence-corrected chi connectivity index (χ1v) is 11.1. The maximum absolute atomic E-state index is 13.4. The Morgan fingerprint density at radius 2 is 1.77 bits per heavy atom.